The highest BCUT2D eigenvalue weighted by Crippen LogP contribution is 2.37. The highest BCUT2D eigenvalue weighted by Gasteiger charge is 2.34. The molecule has 0 spiro atoms. The van der Waals surface area contributed by atoms with Crippen molar-refractivity contribution in [1.82, 2.24) is 4.98 Å². The lowest BCUT2D eigenvalue weighted by Gasteiger charge is -2.14. The van der Waals surface area contributed by atoms with Gasteiger partial charge in [0.1, 0.15) is 5.82 Å². The molecule has 2 N–H and O–H groups in total. The number of hydrogen-bond donors (Lipinski definition) is 2. The molecular formula is C16H13ClF3N3O. The second kappa shape index (κ2) is 6.32. The summed E-state index contributed by atoms with van der Waals surface area (Å²) in [6.07, 6.45) is -1.37. The van der Waals surface area contributed by atoms with E-state index in [1.54, 1.807) is 6.07 Å². The van der Waals surface area contributed by atoms with Crippen LogP contribution in [0.3, 0.4) is 0 Å². The summed E-state index contributed by atoms with van der Waals surface area (Å²) in [4.78, 5) is 15.7. The third-order valence-corrected chi connectivity index (χ3v) is 3.76. The van der Waals surface area contributed by atoms with Gasteiger partial charge in [-0.2, -0.15) is 13.2 Å². The molecule has 0 aliphatic heterocycles. The van der Waals surface area contributed by atoms with Gasteiger partial charge in [-0.1, -0.05) is 11.6 Å². The van der Waals surface area contributed by atoms with Gasteiger partial charge in [-0.3, -0.25) is 4.79 Å². The number of nitrogens with one attached hydrogen (secondary N) is 2. The van der Waals surface area contributed by atoms with Gasteiger partial charge in [0.2, 0.25) is 5.91 Å². The third-order valence-electron chi connectivity index (χ3n) is 3.53. The van der Waals surface area contributed by atoms with Gasteiger partial charge in [0.25, 0.3) is 0 Å². The summed E-state index contributed by atoms with van der Waals surface area (Å²) in [6.45, 7) is 0. The van der Waals surface area contributed by atoms with Gasteiger partial charge >= 0.3 is 6.18 Å². The largest absolute Gasteiger partial charge is 0.418 e. The second-order valence-electron chi connectivity index (χ2n) is 5.51. The maximum atomic E-state index is 13.1. The Morgan fingerprint density at radius 1 is 1.21 bits per heavy atom. The predicted molar refractivity (Wildman–Crippen MR) is 85.3 cm³/mol. The van der Waals surface area contributed by atoms with Crippen molar-refractivity contribution in [2.75, 3.05) is 10.6 Å². The van der Waals surface area contributed by atoms with E-state index in [4.69, 9.17) is 11.6 Å². The van der Waals surface area contributed by atoms with Crippen LogP contribution in [-0.2, 0) is 11.0 Å². The van der Waals surface area contributed by atoms with Crippen molar-refractivity contribution in [1.29, 1.82) is 0 Å². The third kappa shape index (κ3) is 3.97. The molecule has 1 aromatic carbocycles. The first-order valence-corrected chi connectivity index (χ1v) is 7.61. The topological polar surface area (TPSA) is 54.0 Å². The summed E-state index contributed by atoms with van der Waals surface area (Å²) < 4.78 is 39.2. The molecule has 1 aromatic heterocycles. The minimum absolute atomic E-state index is 0.000953. The summed E-state index contributed by atoms with van der Waals surface area (Å²) in [5.41, 5.74) is -0.512. The van der Waals surface area contributed by atoms with Gasteiger partial charge in [-0.25, -0.2) is 4.98 Å². The zero-order valence-corrected chi connectivity index (χ0v) is 13.1. The molecular weight excluding hydrogens is 343 g/mol. The Hall–Kier alpha value is -2.28. The number of rotatable bonds is 4. The molecule has 0 radical (unpaired) electrons. The number of hydrogen-bond acceptors (Lipinski definition) is 3. The van der Waals surface area contributed by atoms with E-state index < -0.39 is 11.7 Å². The molecule has 1 saturated carbocycles. The van der Waals surface area contributed by atoms with E-state index in [0.29, 0.717) is 5.69 Å². The number of anilines is 3. The van der Waals surface area contributed by atoms with Crippen LogP contribution in [0.25, 0.3) is 0 Å². The monoisotopic (exact) mass is 355 g/mol. The molecule has 1 aliphatic rings. The van der Waals surface area contributed by atoms with Crippen molar-refractivity contribution in [2.24, 2.45) is 5.92 Å². The second-order valence-corrected chi connectivity index (χ2v) is 5.94. The summed E-state index contributed by atoms with van der Waals surface area (Å²) >= 11 is 5.64. The zero-order valence-electron chi connectivity index (χ0n) is 12.3. The number of carbonyl (C=O) groups excluding carboxylic acids is 1. The van der Waals surface area contributed by atoms with Crippen molar-refractivity contribution >= 4 is 34.7 Å². The minimum Gasteiger partial charge on any atom is -0.340 e. The summed E-state index contributed by atoms with van der Waals surface area (Å²) in [7, 11) is 0. The minimum atomic E-state index is -4.54. The summed E-state index contributed by atoms with van der Waals surface area (Å²) in [5, 5.41) is 5.33. The molecule has 3 rings (SSSR count). The molecule has 1 heterocycles. The lowest BCUT2D eigenvalue weighted by atomic mass is 10.1. The van der Waals surface area contributed by atoms with Crippen molar-refractivity contribution in [3.05, 3.63) is 47.1 Å². The van der Waals surface area contributed by atoms with Gasteiger partial charge in [0, 0.05) is 10.9 Å². The maximum Gasteiger partial charge on any atom is 0.418 e. The van der Waals surface area contributed by atoms with Crippen LogP contribution in [-0.4, -0.2) is 10.9 Å². The van der Waals surface area contributed by atoms with Crippen LogP contribution >= 0.6 is 11.6 Å². The lowest BCUT2D eigenvalue weighted by Crippen LogP contribution is -2.13. The molecule has 0 saturated heterocycles. The Bertz CT molecular complexity index is 758. The van der Waals surface area contributed by atoms with Crippen LogP contribution in [0.15, 0.2) is 36.5 Å². The molecule has 1 aliphatic carbocycles. The Balaban J connectivity index is 1.75. The quantitative estimate of drug-likeness (QED) is 0.824. The van der Waals surface area contributed by atoms with Gasteiger partial charge in [0.05, 0.1) is 23.1 Å². The van der Waals surface area contributed by atoms with Crippen molar-refractivity contribution < 1.29 is 18.0 Å². The van der Waals surface area contributed by atoms with Crippen molar-refractivity contribution in [3.63, 3.8) is 0 Å². The molecule has 126 valence electrons. The first-order valence-electron chi connectivity index (χ1n) is 7.23. The fourth-order valence-corrected chi connectivity index (χ4v) is 2.30. The Labute approximate surface area is 141 Å². The number of alkyl halides is 3. The molecule has 1 fully saturated rings. The number of benzene rings is 1. The molecule has 0 atom stereocenters. The number of pyridine rings is 1. The van der Waals surface area contributed by atoms with E-state index in [-0.39, 0.29) is 28.4 Å². The van der Waals surface area contributed by atoms with E-state index in [0.717, 1.165) is 18.9 Å². The van der Waals surface area contributed by atoms with Crippen LogP contribution in [0.2, 0.25) is 5.02 Å². The number of halogens is 4. The van der Waals surface area contributed by atoms with Crippen molar-refractivity contribution in [3.8, 4) is 0 Å². The smallest absolute Gasteiger partial charge is 0.340 e. The van der Waals surface area contributed by atoms with E-state index in [2.05, 4.69) is 15.6 Å². The summed E-state index contributed by atoms with van der Waals surface area (Å²) in [5.74, 6) is 0.230. The van der Waals surface area contributed by atoms with Gasteiger partial charge < -0.3 is 10.6 Å². The number of carbonyl (C=O) groups is 1. The van der Waals surface area contributed by atoms with Crippen LogP contribution in [0.4, 0.5) is 30.4 Å². The van der Waals surface area contributed by atoms with E-state index >= 15 is 0 Å². The van der Waals surface area contributed by atoms with Gasteiger partial charge in [-0.05, 0) is 43.2 Å². The fourth-order valence-electron chi connectivity index (χ4n) is 2.13. The van der Waals surface area contributed by atoms with Crippen LogP contribution in [0.5, 0.6) is 0 Å². The van der Waals surface area contributed by atoms with E-state index in [1.165, 1.54) is 24.4 Å². The fraction of sp³-hybridized carbons (Fsp3) is 0.250. The average molecular weight is 356 g/mol. The first-order chi connectivity index (χ1) is 11.3. The zero-order chi connectivity index (χ0) is 17.3. The predicted octanol–water partition coefficient (Wildman–Crippen LogP) is 4.85. The Kier molecular flexibility index (Phi) is 4.36. The highest BCUT2D eigenvalue weighted by molar-refractivity contribution is 6.30. The van der Waals surface area contributed by atoms with Crippen molar-refractivity contribution in [2.45, 2.75) is 19.0 Å². The number of aromatic nitrogens is 1. The van der Waals surface area contributed by atoms with E-state index in [1.807, 2.05) is 0 Å². The Morgan fingerprint density at radius 3 is 2.54 bits per heavy atom. The molecule has 24 heavy (non-hydrogen) atoms. The van der Waals surface area contributed by atoms with Crippen LogP contribution in [0.1, 0.15) is 18.4 Å². The Morgan fingerprint density at radius 2 is 1.96 bits per heavy atom. The van der Waals surface area contributed by atoms with E-state index in [9.17, 15) is 18.0 Å². The molecule has 1 amide bonds. The maximum absolute atomic E-state index is 13.1. The molecule has 0 bridgehead atoms. The molecule has 0 unspecified atom stereocenters. The van der Waals surface area contributed by atoms with Crippen LogP contribution in [0, 0.1) is 5.92 Å². The molecule has 4 nitrogen and oxygen atoms in total. The number of amides is 1. The van der Waals surface area contributed by atoms with Gasteiger partial charge in [0.15, 0.2) is 0 Å². The highest BCUT2D eigenvalue weighted by atomic mass is 35.5. The average Bonchev–Trinajstić information content (AvgIpc) is 3.35. The molecule has 8 heteroatoms. The lowest BCUT2D eigenvalue weighted by molar-refractivity contribution is -0.136. The normalized spacial score (nSPS) is 14.3. The first kappa shape index (κ1) is 16.6. The number of nitrogens with zero attached hydrogens (tertiary/aromatic N) is 1. The van der Waals surface area contributed by atoms with Crippen LogP contribution < -0.4 is 10.6 Å². The molecule has 2 aromatic rings. The SMILES string of the molecule is O=C(Nc1ccc(Nc2ccc(Cl)cc2C(F)(F)F)nc1)C1CC1. The standard InChI is InChI=1S/C16H13ClF3N3O/c17-10-3-5-13(12(7-10)16(18,19)20)23-14-6-4-11(8-21-14)22-15(24)9-1-2-9/h3-9H,1-2H2,(H,21,23)(H,22,24). The summed E-state index contributed by atoms with van der Waals surface area (Å²) in [6, 6.07) is 6.54. The van der Waals surface area contributed by atoms with Gasteiger partial charge in [-0.15, -0.1) is 0 Å².